The van der Waals surface area contributed by atoms with Crippen molar-refractivity contribution >= 4 is 34.3 Å². The van der Waals surface area contributed by atoms with Crippen molar-refractivity contribution < 1.29 is 28.1 Å². The van der Waals surface area contributed by atoms with E-state index in [1.54, 1.807) is 38.1 Å². The van der Waals surface area contributed by atoms with Gasteiger partial charge in [-0.05, 0) is 68.3 Å². The summed E-state index contributed by atoms with van der Waals surface area (Å²) in [6, 6.07) is 17.0. The minimum Gasteiger partial charge on any atom is -0.493 e. The quantitative estimate of drug-likeness (QED) is 0.201. The molecule has 2 aromatic heterocycles. The Balaban J connectivity index is 1.57. The number of carbonyl (C=O) groups excluding carboxylic acids is 1. The topological polar surface area (TPSA) is 93.3 Å². The van der Waals surface area contributed by atoms with Gasteiger partial charge in [-0.3, -0.25) is 9.36 Å². The van der Waals surface area contributed by atoms with Gasteiger partial charge in [-0.1, -0.05) is 41.7 Å². The lowest BCUT2D eigenvalue weighted by Gasteiger charge is -2.26. The molecule has 0 radical (unpaired) electrons. The third-order valence-electron chi connectivity index (χ3n) is 8.33. The number of para-hydroxylation sites is 1. The van der Waals surface area contributed by atoms with Gasteiger partial charge in [-0.2, -0.15) is 0 Å². The second-order valence-electron chi connectivity index (χ2n) is 11.0. The molecule has 0 amide bonds. The van der Waals surface area contributed by atoms with Gasteiger partial charge in [0.25, 0.3) is 5.56 Å². The maximum Gasteiger partial charge on any atom is 0.338 e. The average Bonchev–Trinajstić information content (AvgIpc) is 3.52. The van der Waals surface area contributed by atoms with Crippen LogP contribution in [0.5, 0.6) is 17.2 Å². The molecule has 1 aliphatic heterocycles. The summed E-state index contributed by atoms with van der Waals surface area (Å²) in [6.07, 6.45) is 1.89. The van der Waals surface area contributed by atoms with Crippen LogP contribution < -0.4 is 29.1 Å². The number of allylic oxidation sites excluding steroid dienone is 1. The number of nitrogens with zero attached hydrogens (tertiary/aromatic N) is 3. The normalized spacial score (nSPS) is 14.6. The summed E-state index contributed by atoms with van der Waals surface area (Å²) in [7, 11) is 4.53. The monoisotopic (exact) mass is 655 g/mol. The molecule has 9 nitrogen and oxygen atoms in total. The van der Waals surface area contributed by atoms with Gasteiger partial charge in [0.2, 0.25) is 5.75 Å². The molecular weight excluding hydrogens is 621 g/mol. The summed E-state index contributed by atoms with van der Waals surface area (Å²) < 4.78 is 40.0. The minimum absolute atomic E-state index is 0.156. The number of methoxy groups -OCH3 is 3. The number of aromatic nitrogens is 2. The van der Waals surface area contributed by atoms with Crippen LogP contribution in [0.4, 0.5) is 4.39 Å². The van der Waals surface area contributed by atoms with Crippen molar-refractivity contribution in [3.8, 4) is 17.2 Å². The molecule has 3 heterocycles. The van der Waals surface area contributed by atoms with E-state index in [9.17, 15) is 14.0 Å². The highest BCUT2D eigenvalue weighted by molar-refractivity contribution is 7.07. The number of ether oxygens (including phenoxy) is 4. The second kappa shape index (κ2) is 12.9. The Bertz CT molecular complexity index is 2200. The van der Waals surface area contributed by atoms with E-state index in [2.05, 4.69) is 4.57 Å². The SMILES string of the molecule is CCOC(=O)C1=C(C)N=c2s/c(=C\c3c(C)n(Cc4ccc(F)cc4)c4ccccc34)c(=O)n2[C@H]1c1cc(OC)c(OC)c(OC)c1. The van der Waals surface area contributed by atoms with Crippen LogP contribution in [0.25, 0.3) is 17.0 Å². The minimum atomic E-state index is -0.873. The van der Waals surface area contributed by atoms with E-state index in [1.807, 2.05) is 37.3 Å². The lowest BCUT2D eigenvalue weighted by atomic mass is 9.95. The van der Waals surface area contributed by atoms with Crippen molar-refractivity contribution in [3.05, 3.63) is 120 Å². The summed E-state index contributed by atoms with van der Waals surface area (Å²) in [5.41, 5.74) is 4.73. The van der Waals surface area contributed by atoms with Gasteiger partial charge in [0.1, 0.15) is 5.82 Å². The molecule has 11 heteroatoms. The molecule has 3 aromatic carbocycles. The highest BCUT2D eigenvalue weighted by atomic mass is 32.1. The van der Waals surface area contributed by atoms with E-state index < -0.39 is 12.0 Å². The van der Waals surface area contributed by atoms with E-state index in [-0.39, 0.29) is 23.6 Å². The summed E-state index contributed by atoms with van der Waals surface area (Å²) in [6.45, 7) is 6.16. The van der Waals surface area contributed by atoms with Crippen molar-refractivity contribution in [3.63, 3.8) is 0 Å². The number of hydrogen-bond donors (Lipinski definition) is 0. The molecule has 0 fully saturated rings. The number of carbonyl (C=O) groups is 1. The Morgan fingerprint density at radius 3 is 2.32 bits per heavy atom. The first-order chi connectivity index (χ1) is 22.7. The first-order valence-electron chi connectivity index (χ1n) is 15.0. The van der Waals surface area contributed by atoms with E-state index in [0.717, 1.165) is 27.7 Å². The number of esters is 1. The van der Waals surface area contributed by atoms with Gasteiger partial charge in [-0.25, -0.2) is 14.2 Å². The van der Waals surface area contributed by atoms with Crippen LogP contribution in [0.1, 0.15) is 42.3 Å². The first kappa shape index (κ1) is 31.8. The molecule has 0 unspecified atom stereocenters. The third kappa shape index (κ3) is 5.61. The van der Waals surface area contributed by atoms with Gasteiger partial charge >= 0.3 is 5.97 Å². The van der Waals surface area contributed by atoms with Gasteiger partial charge in [0, 0.05) is 28.7 Å². The molecule has 47 heavy (non-hydrogen) atoms. The Labute approximate surface area is 274 Å². The highest BCUT2D eigenvalue weighted by Gasteiger charge is 2.35. The fourth-order valence-corrected chi connectivity index (χ4v) is 7.14. The predicted octanol–water partition coefficient (Wildman–Crippen LogP) is 5.27. The van der Waals surface area contributed by atoms with Crippen LogP contribution in [0.2, 0.25) is 0 Å². The number of fused-ring (bicyclic) bond motifs is 2. The molecule has 1 atom stereocenters. The zero-order chi connectivity index (χ0) is 33.4. The van der Waals surface area contributed by atoms with Crippen LogP contribution >= 0.6 is 11.3 Å². The predicted molar refractivity (Wildman–Crippen MR) is 179 cm³/mol. The Hall–Kier alpha value is -5.16. The van der Waals surface area contributed by atoms with E-state index in [4.69, 9.17) is 23.9 Å². The largest absolute Gasteiger partial charge is 0.493 e. The van der Waals surface area contributed by atoms with Crippen molar-refractivity contribution in [1.82, 2.24) is 9.13 Å². The van der Waals surface area contributed by atoms with Crippen LogP contribution in [-0.2, 0) is 16.1 Å². The number of rotatable bonds is 9. The molecule has 0 saturated heterocycles. The number of benzene rings is 3. The molecule has 6 rings (SSSR count). The molecule has 0 N–H and O–H groups in total. The lowest BCUT2D eigenvalue weighted by Crippen LogP contribution is -2.40. The zero-order valence-electron chi connectivity index (χ0n) is 26.9. The van der Waals surface area contributed by atoms with Gasteiger partial charge in [-0.15, -0.1) is 0 Å². The van der Waals surface area contributed by atoms with Crippen LogP contribution in [0, 0.1) is 12.7 Å². The Kier molecular flexibility index (Phi) is 8.74. The molecule has 0 saturated carbocycles. The molecular formula is C36H34FN3O6S. The van der Waals surface area contributed by atoms with E-state index in [0.29, 0.717) is 44.4 Å². The van der Waals surface area contributed by atoms with E-state index in [1.165, 1.54) is 49.4 Å². The standard InChI is InChI=1S/C36H34FN3O6S/c1-7-46-35(42)31-20(2)38-36-40(32(31)23-16-28(43-4)33(45-6)29(17-23)44-5)34(41)30(47-36)18-26-21(3)39(27-11-9-8-10-25(26)27)19-22-12-14-24(37)15-13-22/h8-18,32H,7,19H2,1-6H3/b30-18-/t32-/m0/s1. The highest BCUT2D eigenvalue weighted by Crippen LogP contribution is 2.42. The maximum atomic E-state index is 14.4. The summed E-state index contributed by atoms with van der Waals surface area (Å²) in [4.78, 5) is 33.0. The molecule has 242 valence electrons. The van der Waals surface area contributed by atoms with Gasteiger partial charge in [0.15, 0.2) is 16.3 Å². The summed E-state index contributed by atoms with van der Waals surface area (Å²) in [5, 5.41) is 0.975. The van der Waals surface area contributed by atoms with Crippen molar-refractivity contribution in [2.45, 2.75) is 33.4 Å². The van der Waals surface area contributed by atoms with Crippen LogP contribution in [0.15, 0.2) is 81.7 Å². The fourth-order valence-electron chi connectivity index (χ4n) is 6.11. The third-order valence-corrected chi connectivity index (χ3v) is 9.31. The Morgan fingerprint density at radius 2 is 1.68 bits per heavy atom. The molecule has 0 spiro atoms. The molecule has 5 aromatic rings. The van der Waals surface area contributed by atoms with E-state index >= 15 is 0 Å². The summed E-state index contributed by atoms with van der Waals surface area (Å²) in [5.74, 6) is 0.293. The fraction of sp³-hybridized carbons (Fsp3) is 0.250. The second-order valence-corrected chi connectivity index (χ2v) is 12.0. The van der Waals surface area contributed by atoms with Crippen LogP contribution in [-0.4, -0.2) is 43.0 Å². The van der Waals surface area contributed by atoms with Gasteiger partial charge < -0.3 is 23.5 Å². The average molecular weight is 656 g/mol. The first-order valence-corrected chi connectivity index (χ1v) is 15.8. The zero-order valence-corrected chi connectivity index (χ0v) is 27.7. The number of halogens is 1. The van der Waals surface area contributed by atoms with Crippen molar-refractivity contribution in [2.24, 2.45) is 4.99 Å². The van der Waals surface area contributed by atoms with Crippen LogP contribution in [0.3, 0.4) is 0 Å². The molecule has 1 aliphatic rings. The summed E-state index contributed by atoms with van der Waals surface area (Å²) >= 11 is 1.25. The van der Waals surface area contributed by atoms with Crippen molar-refractivity contribution in [1.29, 1.82) is 0 Å². The molecule has 0 aliphatic carbocycles. The smallest absolute Gasteiger partial charge is 0.338 e. The number of thiazole rings is 1. The maximum absolute atomic E-state index is 14.4. The Morgan fingerprint density at radius 1 is 1.00 bits per heavy atom. The van der Waals surface area contributed by atoms with Gasteiger partial charge in [0.05, 0.1) is 49.8 Å². The molecule has 0 bridgehead atoms. The number of hydrogen-bond acceptors (Lipinski definition) is 8. The van der Waals surface area contributed by atoms with Crippen molar-refractivity contribution in [2.75, 3.05) is 27.9 Å². The lowest BCUT2D eigenvalue weighted by molar-refractivity contribution is -0.139.